The first-order valence-corrected chi connectivity index (χ1v) is 8.99. The highest BCUT2D eigenvalue weighted by Crippen LogP contribution is 2.25. The third-order valence-corrected chi connectivity index (χ3v) is 4.31. The van der Waals surface area contributed by atoms with Crippen molar-refractivity contribution in [2.75, 3.05) is 6.54 Å². The van der Waals surface area contributed by atoms with Crippen molar-refractivity contribution in [3.05, 3.63) is 95.6 Å². The number of nitrogens with one attached hydrogen (secondary N) is 1. The molecule has 0 unspecified atom stereocenters. The first-order chi connectivity index (χ1) is 13.6. The van der Waals surface area contributed by atoms with E-state index in [4.69, 9.17) is 4.74 Å². The lowest BCUT2D eigenvalue weighted by atomic mass is 9.96. The molecule has 142 valence electrons. The van der Waals surface area contributed by atoms with Gasteiger partial charge in [-0.3, -0.25) is 0 Å². The number of hydrogen-bond acceptors (Lipinski definition) is 3. The smallest absolute Gasteiger partial charge is 0.407 e. The van der Waals surface area contributed by atoms with Gasteiger partial charge in [-0.25, -0.2) is 9.59 Å². The largest absolute Gasteiger partial charge is 0.478 e. The number of ether oxygens (including phenoxy) is 1. The molecular weight excluding hydrogens is 354 g/mol. The van der Waals surface area contributed by atoms with Crippen LogP contribution in [0.1, 0.15) is 21.5 Å². The van der Waals surface area contributed by atoms with Crippen molar-refractivity contribution in [3.8, 4) is 11.1 Å². The minimum atomic E-state index is -0.956. The molecule has 0 bridgehead atoms. The summed E-state index contributed by atoms with van der Waals surface area (Å²) in [6, 6.07) is 24.1. The summed E-state index contributed by atoms with van der Waals surface area (Å²) in [5.74, 6) is -0.956. The fourth-order valence-electron chi connectivity index (χ4n) is 2.91. The molecule has 3 aromatic carbocycles. The van der Waals surface area contributed by atoms with Crippen molar-refractivity contribution < 1.29 is 19.4 Å². The van der Waals surface area contributed by atoms with Crippen LogP contribution in [0.4, 0.5) is 4.79 Å². The van der Waals surface area contributed by atoms with Crippen molar-refractivity contribution in [2.45, 2.75) is 13.0 Å². The molecule has 0 heterocycles. The van der Waals surface area contributed by atoms with E-state index in [-0.39, 0.29) is 12.2 Å². The molecule has 0 atom stereocenters. The molecule has 5 heteroatoms. The van der Waals surface area contributed by atoms with Gasteiger partial charge in [-0.2, -0.15) is 0 Å². The van der Waals surface area contributed by atoms with Crippen molar-refractivity contribution >= 4 is 12.1 Å². The number of amides is 1. The monoisotopic (exact) mass is 375 g/mol. The Labute approximate surface area is 163 Å². The second-order valence-corrected chi connectivity index (χ2v) is 6.28. The van der Waals surface area contributed by atoms with Crippen LogP contribution >= 0.6 is 0 Å². The maximum absolute atomic E-state index is 11.9. The van der Waals surface area contributed by atoms with Gasteiger partial charge in [0.15, 0.2) is 0 Å². The predicted molar refractivity (Wildman–Crippen MR) is 107 cm³/mol. The molecule has 0 aliphatic heterocycles. The fraction of sp³-hybridized carbons (Fsp3) is 0.130. The normalized spacial score (nSPS) is 10.3. The van der Waals surface area contributed by atoms with Crippen LogP contribution in [-0.2, 0) is 17.8 Å². The Morgan fingerprint density at radius 3 is 2.43 bits per heavy atom. The van der Waals surface area contributed by atoms with E-state index in [0.717, 1.165) is 22.3 Å². The van der Waals surface area contributed by atoms with Crippen LogP contribution in [0.15, 0.2) is 78.9 Å². The average Bonchev–Trinajstić information content (AvgIpc) is 2.73. The van der Waals surface area contributed by atoms with Gasteiger partial charge < -0.3 is 15.2 Å². The molecule has 1 amide bonds. The SMILES string of the molecule is O=C(NCCc1ccccc1-c1cccc(C(=O)O)c1)OCc1ccccc1. The van der Waals surface area contributed by atoms with E-state index < -0.39 is 12.1 Å². The molecule has 0 saturated carbocycles. The van der Waals surface area contributed by atoms with Gasteiger partial charge in [-0.05, 0) is 40.8 Å². The molecular formula is C23H21NO4. The summed E-state index contributed by atoms with van der Waals surface area (Å²) in [6.07, 6.45) is 0.141. The number of carbonyl (C=O) groups excluding carboxylic acids is 1. The highest BCUT2D eigenvalue weighted by atomic mass is 16.5. The molecule has 0 aromatic heterocycles. The maximum atomic E-state index is 11.9. The lowest BCUT2D eigenvalue weighted by Gasteiger charge is -2.11. The molecule has 0 fully saturated rings. The second-order valence-electron chi connectivity index (χ2n) is 6.28. The van der Waals surface area contributed by atoms with E-state index in [9.17, 15) is 14.7 Å². The zero-order chi connectivity index (χ0) is 19.8. The first kappa shape index (κ1) is 19.2. The molecule has 0 saturated heterocycles. The van der Waals surface area contributed by atoms with Gasteiger partial charge in [0.2, 0.25) is 0 Å². The van der Waals surface area contributed by atoms with E-state index in [2.05, 4.69) is 5.32 Å². The Balaban J connectivity index is 1.59. The van der Waals surface area contributed by atoms with Gasteiger partial charge in [-0.15, -0.1) is 0 Å². The molecule has 3 aromatic rings. The van der Waals surface area contributed by atoms with Crippen LogP contribution in [0, 0.1) is 0 Å². The van der Waals surface area contributed by atoms with Gasteiger partial charge in [0, 0.05) is 6.54 Å². The van der Waals surface area contributed by atoms with Crippen LogP contribution in [0.3, 0.4) is 0 Å². The van der Waals surface area contributed by atoms with Crippen molar-refractivity contribution in [3.63, 3.8) is 0 Å². The summed E-state index contributed by atoms with van der Waals surface area (Å²) >= 11 is 0. The number of carboxylic acids is 1. The Morgan fingerprint density at radius 1 is 0.893 bits per heavy atom. The van der Waals surface area contributed by atoms with Crippen LogP contribution in [-0.4, -0.2) is 23.7 Å². The summed E-state index contributed by atoms with van der Waals surface area (Å²) in [5.41, 5.74) is 3.98. The third-order valence-electron chi connectivity index (χ3n) is 4.31. The molecule has 0 aliphatic carbocycles. The summed E-state index contributed by atoms with van der Waals surface area (Å²) in [7, 11) is 0. The second kappa shape index (κ2) is 9.37. The number of hydrogen-bond donors (Lipinski definition) is 2. The van der Waals surface area contributed by atoms with Gasteiger partial charge >= 0.3 is 12.1 Å². The predicted octanol–water partition coefficient (Wildman–Crippen LogP) is 4.52. The Kier molecular flexibility index (Phi) is 6.41. The number of aromatic carboxylic acids is 1. The van der Waals surface area contributed by atoms with Crippen molar-refractivity contribution in [2.24, 2.45) is 0 Å². The van der Waals surface area contributed by atoms with Crippen molar-refractivity contribution in [1.82, 2.24) is 5.32 Å². The average molecular weight is 375 g/mol. The van der Waals surface area contributed by atoms with Gasteiger partial charge in [0.05, 0.1) is 5.56 Å². The molecule has 0 aliphatic rings. The van der Waals surface area contributed by atoms with E-state index in [1.54, 1.807) is 18.2 Å². The minimum absolute atomic E-state index is 0.227. The first-order valence-electron chi connectivity index (χ1n) is 8.99. The van der Waals surface area contributed by atoms with E-state index in [0.29, 0.717) is 13.0 Å². The van der Waals surface area contributed by atoms with Gasteiger partial charge in [0.25, 0.3) is 0 Å². The van der Waals surface area contributed by atoms with Crippen LogP contribution in [0.5, 0.6) is 0 Å². The number of alkyl carbamates (subject to hydrolysis) is 1. The quantitative estimate of drug-likeness (QED) is 0.637. The van der Waals surface area contributed by atoms with Gasteiger partial charge in [0.1, 0.15) is 6.61 Å². The molecule has 0 radical (unpaired) electrons. The molecule has 2 N–H and O–H groups in total. The Morgan fingerprint density at radius 2 is 1.64 bits per heavy atom. The molecule has 28 heavy (non-hydrogen) atoms. The van der Waals surface area contributed by atoms with Crippen LogP contribution < -0.4 is 5.32 Å². The number of benzene rings is 3. The third kappa shape index (κ3) is 5.20. The Bertz CT molecular complexity index is 954. The molecule has 0 spiro atoms. The molecule has 5 nitrogen and oxygen atoms in total. The number of carbonyl (C=O) groups is 2. The number of rotatable bonds is 7. The minimum Gasteiger partial charge on any atom is -0.478 e. The zero-order valence-electron chi connectivity index (χ0n) is 15.3. The van der Waals surface area contributed by atoms with Crippen LogP contribution in [0.2, 0.25) is 0 Å². The van der Waals surface area contributed by atoms with E-state index >= 15 is 0 Å². The van der Waals surface area contributed by atoms with Gasteiger partial charge in [-0.1, -0.05) is 66.7 Å². The van der Waals surface area contributed by atoms with Crippen molar-refractivity contribution in [1.29, 1.82) is 0 Å². The van der Waals surface area contributed by atoms with E-state index in [1.807, 2.05) is 60.7 Å². The Hall–Kier alpha value is -3.60. The van der Waals surface area contributed by atoms with E-state index in [1.165, 1.54) is 0 Å². The zero-order valence-corrected chi connectivity index (χ0v) is 15.3. The number of carboxylic acid groups (broad SMARTS) is 1. The standard InChI is InChI=1S/C23H21NO4/c25-22(26)20-11-6-10-19(15-20)21-12-5-4-9-18(21)13-14-24-23(27)28-16-17-7-2-1-3-8-17/h1-12,15H,13-14,16H2,(H,24,27)(H,25,26). The van der Waals surface area contributed by atoms with Crippen LogP contribution in [0.25, 0.3) is 11.1 Å². The fourth-order valence-corrected chi connectivity index (χ4v) is 2.91. The summed E-state index contributed by atoms with van der Waals surface area (Å²) in [6.45, 7) is 0.647. The summed E-state index contributed by atoms with van der Waals surface area (Å²) in [5, 5.41) is 12.0. The molecule has 3 rings (SSSR count). The maximum Gasteiger partial charge on any atom is 0.407 e. The lowest BCUT2D eigenvalue weighted by molar-refractivity contribution is 0.0697. The highest BCUT2D eigenvalue weighted by molar-refractivity contribution is 5.89. The topological polar surface area (TPSA) is 75.6 Å². The lowest BCUT2D eigenvalue weighted by Crippen LogP contribution is -2.26. The summed E-state index contributed by atoms with van der Waals surface area (Å²) < 4.78 is 5.21. The highest BCUT2D eigenvalue weighted by Gasteiger charge is 2.09. The summed E-state index contributed by atoms with van der Waals surface area (Å²) in [4.78, 5) is 23.1.